The van der Waals surface area contributed by atoms with Gasteiger partial charge in [-0.3, -0.25) is 4.79 Å². The van der Waals surface area contributed by atoms with E-state index in [9.17, 15) is 4.79 Å². The quantitative estimate of drug-likeness (QED) is 0.800. The van der Waals surface area contributed by atoms with E-state index in [4.69, 9.17) is 15.2 Å². The van der Waals surface area contributed by atoms with Crippen LogP contribution in [0.3, 0.4) is 0 Å². The molecule has 122 valence electrons. The van der Waals surface area contributed by atoms with Gasteiger partial charge in [-0.15, -0.1) is 0 Å². The van der Waals surface area contributed by atoms with E-state index in [1.165, 1.54) is 0 Å². The molecule has 1 aliphatic heterocycles. The fraction of sp³-hybridized carbons (Fsp3) is 0.588. The molecule has 1 aromatic rings. The molecule has 0 bridgehead atoms. The zero-order valence-corrected chi connectivity index (χ0v) is 13.2. The Morgan fingerprint density at radius 2 is 2.14 bits per heavy atom. The molecular weight excluding hydrogens is 280 g/mol. The van der Waals surface area contributed by atoms with E-state index in [0.29, 0.717) is 26.4 Å². The van der Waals surface area contributed by atoms with Gasteiger partial charge >= 0.3 is 0 Å². The van der Waals surface area contributed by atoms with E-state index in [2.05, 4.69) is 5.32 Å². The van der Waals surface area contributed by atoms with Gasteiger partial charge < -0.3 is 20.5 Å². The monoisotopic (exact) mass is 306 g/mol. The summed E-state index contributed by atoms with van der Waals surface area (Å²) in [6, 6.07) is 7.47. The minimum Gasteiger partial charge on any atom is -0.494 e. The summed E-state index contributed by atoms with van der Waals surface area (Å²) in [5.41, 5.74) is 7.16. The lowest BCUT2D eigenvalue weighted by Gasteiger charge is -2.26. The van der Waals surface area contributed by atoms with Gasteiger partial charge in [-0.2, -0.15) is 0 Å². The summed E-state index contributed by atoms with van der Waals surface area (Å²) in [5, 5.41) is 2.94. The molecule has 1 unspecified atom stereocenters. The van der Waals surface area contributed by atoms with Crippen LogP contribution in [-0.2, 0) is 16.0 Å². The number of hydrogen-bond acceptors (Lipinski definition) is 4. The minimum atomic E-state index is -0.439. The first-order chi connectivity index (χ1) is 10.7. The lowest BCUT2D eigenvalue weighted by Crippen LogP contribution is -2.47. The molecule has 1 aliphatic rings. The average Bonchev–Trinajstić information content (AvgIpc) is 2.56. The lowest BCUT2D eigenvalue weighted by atomic mass is 9.92. The number of carbonyl (C=O) groups is 1. The number of hydrogen-bond donors (Lipinski definition) is 2. The number of ether oxygens (including phenoxy) is 2. The molecular formula is C17H26N2O3. The van der Waals surface area contributed by atoms with Crippen LogP contribution in [0.5, 0.6) is 5.75 Å². The zero-order chi connectivity index (χ0) is 15.8. The molecule has 3 N–H and O–H groups in total. The highest BCUT2D eigenvalue weighted by atomic mass is 16.5. The second-order valence-electron chi connectivity index (χ2n) is 5.56. The average molecular weight is 306 g/mol. The molecule has 0 aromatic heterocycles. The summed E-state index contributed by atoms with van der Waals surface area (Å²) in [6.45, 7) is 4.57. The maximum Gasteiger partial charge on any atom is 0.237 e. The number of rotatable bonds is 7. The molecule has 1 heterocycles. The molecule has 0 aliphatic carbocycles. The molecule has 0 saturated carbocycles. The Labute approximate surface area is 132 Å². The predicted molar refractivity (Wildman–Crippen MR) is 85.8 cm³/mol. The fourth-order valence-corrected chi connectivity index (χ4v) is 2.73. The Morgan fingerprint density at radius 1 is 1.41 bits per heavy atom. The van der Waals surface area contributed by atoms with Crippen LogP contribution in [-0.4, -0.2) is 38.3 Å². The smallest absolute Gasteiger partial charge is 0.237 e. The third kappa shape index (κ3) is 4.71. The Balaban J connectivity index is 1.79. The van der Waals surface area contributed by atoms with Crippen LogP contribution < -0.4 is 15.8 Å². The highest BCUT2D eigenvalue weighted by Gasteiger charge is 2.26. The lowest BCUT2D eigenvalue weighted by molar-refractivity contribution is -0.124. The summed E-state index contributed by atoms with van der Waals surface area (Å²) in [4.78, 5) is 12.1. The van der Waals surface area contributed by atoms with Gasteiger partial charge in [0.2, 0.25) is 5.91 Å². The topological polar surface area (TPSA) is 73.6 Å². The molecule has 1 aromatic carbocycles. The van der Waals surface area contributed by atoms with Gasteiger partial charge in [0.25, 0.3) is 0 Å². The van der Waals surface area contributed by atoms with Crippen molar-refractivity contribution in [2.75, 3.05) is 26.4 Å². The molecule has 1 fully saturated rings. The first-order valence-corrected chi connectivity index (χ1v) is 8.04. The zero-order valence-electron chi connectivity index (χ0n) is 13.2. The summed E-state index contributed by atoms with van der Waals surface area (Å²) >= 11 is 0. The third-order valence-electron chi connectivity index (χ3n) is 4.04. The first-order valence-electron chi connectivity index (χ1n) is 8.04. The molecule has 1 amide bonds. The van der Waals surface area contributed by atoms with Crippen LogP contribution in [0.1, 0.15) is 25.3 Å². The van der Waals surface area contributed by atoms with Crippen molar-refractivity contribution < 1.29 is 14.3 Å². The second-order valence-corrected chi connectivity index (χ2v) is 5.56. The van der Waals surface area contributed by atoms with Gasteiger partial charge in [0, 0.05) is 19.8 Å². The summed E-state index contributed by atoms with van der Waals surface area (Å²) in [7, 11) is 0. The van der Waals surface area contributed by atoms with E-state index in [0.717, 1.165) is 30.6 Å². The van der Waals surface area contributed by atoms with E-state index in [-0.39, 0.29) is 11.8 Å². The number of carbonyl (C=O) groups excluding carboxylic acids is 1. The van der Waals surface area contributed by atoms with E-state index >= 15 is 0 Å². The Bertz CT molecular complexity index is 473. The summed E-state index contributed by atoms with van der Waals surface area (Å²) < 4.78 is 10.9. The predicted octanol–water partition coefficient (Wildman–Crippen LogP) is 1.50. The number of amides is 1. The second kappa shape index (κ2) is 8.76. The molecule has 5 nitrogen and oxygen atoms in total. The van der Waals surface area contributed by atoms with Crippen LogP contribution in [0, 0.1) is 5.92 Å². The van der Waals surface area contributed by atoms with Gasteiger partial charge in [0.1, 0.15) is 5.75 Å². The largest absolute Gasteiger partial charge is 0.494 e. The van der Waals surface area contributed by atoms with E-state index in [1.54, 1.807) is 0 Å². The van der Waals surface area contributed by atoms with E-state index < -0.39 is 6.04 Å². The summed E-state index contributed by atoms with van der Waals surface area (Å²) in [6.07, 6.45) is 2.46. The third-order valence-corrected chi connectivity index (χ3v) is 4.04. The molecule has 5 heteroatoms. The van der Waals surface area contributed by atoms with Gasteiger partial charge in [0.15, 0.2) is 0 Å². The number of nitrogens with one attached hydrogen (secondary N) is 1. The van der Waals surface area contributed by atoms with Crippen molar-refractivity contribution in [1.29, 1.82) is 0 Å². The molecule has 2 rings (SSSR count). The van der Waals surface area contributed by atoms with E-state index in [1.807, 2.05) is 31.2 Å². The van der Waals surface area contributed by atoms with Crippen molar-refractivity contribution in [2.24, 2.45) is 11.7 Å². The number of benzene rings is 1. The van der Waals surface area contributed by atoms with Gasteiger partial charge in [-0.1, -0.05) is 18.2 Å². The highest BCUT2D eigenvalue weighted by Crippen LogP contribution is 2.19. The van der Waals surface area contributed by atoms with Crippen LogP contribution in [0.25, 0.3) is 0 Å². The van der Waals surface area contributed by atoms with Crippen molar-refractivity contribution in [2.45, 2.75) is 32.2 Å². The number of para-hydroxylation sites is 1. The van der Waals surface area contributed by atoms with Crippen LogP contribution >= 0.6 is 0 Å². The Kier molecular flexibility index (Phi) is 6.68. The van der Waals surface area contributed by atoms with Crippen molar-refractivity contribution in [3.63, 3.8) is 0 Å². The SMILES string of the molecule is CCOc1ccccc1CCNC(=O)C(N)C1CCOCC1. The molecule has 22 heavy (non-hydrogen) atoms. The van der Waals surface area contributed by atoms with Crippen molar-refractivity contribution in [1.82, 2.24) is 5.32 Å². The van der Waals surface area contributed by atoms with Crippen molar-refractivity contribution >= 4 is 5.91 Å². The van der Waals surface area contributed by atoms with Gasteiger partial charge in [-0.05, 0) is 43.7 Å². The van der Waals surface area contributed by atoms with Crippen LogP contribution in [0.15, 0.2) is 24.3 Å². The Hall–Kier alpha value is -1.59. The first kappa shape index (κ1) is 16.8. The molecule has 1 saturated heterocycles. The summed E-state index contributed by atoms with van der Waals surface area (Å²) in [5.74, 6) is 1.04. The molecule has 0 radical (unpaired) electrons. The van der Waals surface area contributed by atoms with Crippen molar-refractivity contribution in [3.8, 4) is 5.75 Å². The van der Waals surface area contributed by atoms with Crippen LogP contribution in [0.4, 0.5) is 0 Å². The van der Waals surface area contributed by atoms with Gasteiger partial charge in [0.05, 0.1) is 12.6 Å². The fourth-order valence-electron chi connectivity index (χ4n) is 2.73. The normalized spacial score (nSPS) is 17.0. The molecule has 1 atom stereocenters. The number of nitrogens with two attached hydrogens (primary N) is 1. The van der Waals surface area contributed by atoms with Crippen molar-refractivity contribution in [3.05, 3.63) is 29.8 Å². The standard InChI is InChI=1S/C17H26N2O3/c1-2-22-15-6-4-3-5-13(15)7-10-19-17(20)16(18)14-8-11-21-12-9-14/h3-6,14,16H,2,7-12,18H2,1H3,(H,19,20). The van der Waals surface area contributed by atoms with Crippen LogP contribution in [0.2, 0.25) is 0 Å². The Morgan fingerprint density at radius 3 is 2.86 bits per heavy atom. The van der Waals surface area contributed by atoms with Gasteiger partial charge in [-0.25, -0.2) is 0 Å². The maximum atomic E-state index is 12.1. The minimum absolute atomic E-state index is 0.0687. The molecule has 0 spiro atoms. The maximum absolute atomic E-state index is 12.1. The highest BCUT2D eigenvalue weighted by molar-refractivity contribution is 5.81.